The minimum atomic E-state index is -3.15. The molecule has 0 saturated carbocycles. The lowest BCUT2D eigenvalue weighted by atomic mass is 10.4. The van der Waals surface area contributed by atoms with Crippen molar-refractivity contribution in [2.75, 3.05) is 50.4 Å². The summed E-state index contributed by atoms with van der Waals surface area (Å²) in [5.74, 6) is 0.806. The van der Waals surface area contributed by atoms with Crippen molar-refractivity contribution < 1.29 is 8.42 Å². The molecule has 7 nitrogen and oxygen atoms in total. The Morgan fingerprint density at radius 2 is 1.84 bits per heavy atom. The van der Waals surface area contributed by atoms with Gasteiger partial charge in [-0.25, -0.2) is 18.4 Å². The van der Waals surface area contributed by atoms with Crippen LogP contribution in [0.3, 0.4) is 0 Å². The molecule has 0 bridgehead atoms. The molecule has 8 heteroatoms. The Morgan fingerprint density at radius 1 is 1.21 bits per heavy atom. The molecule has 0 spiro atoms. The zero-order valence-corrected chi connectivity index (χ0v) is 11.8. The molecule has 0 amide bonds. The van der Waals surface area contributed by atoms with Gasteiger partial charge in [0, 0.05) is 45.1 Å². The van der Waals surface area contributed by atoms with Crippen molar-refractivity contribution in [3.8, 4) is 0 Å². The molecular weight excluding hydrogens is 266 g/mol. The van der Waals surface area contributed by atoms with E-state index in [-0.39, 0.29) is 5.75 Å². The van der Waals surface area contributed by atoms with Gasteiger partial charge in [0.1, 0.15) is 0 Å². The number of nitrogens with zero attached hydrogens (tertiary/aromatic N) is 4. The summed E-state index contributed by atoms with van der Waals surface area (Å²) in [5.41, 5.74) is 0. The summed E-state index contributed by atoms with van der Waals surface area (Å²) in [6, 6.07) is 1.77. The summed E-state index contributed by atoms with van der Waals surface area (Å²) in [6.07, 6.45) is 3.39. The number of anilines is 1. The molecule has 1 aromatic rings. The Labute approximate surface area is 113 Å². The first-order chi connectivity index (χ1) is 9.13. The van der Waals surface area contributed by atoms with Crippen LogP contribution in [-0.2, 0) is 10.0 Å². The average molecular weight is 285 g/mol. The fourth-order valence-corrected chi connectivity index (χ4v) is 3.42. The molecule has 0 aliphatic carbocycles. The van der Waals surface area contributed by atoms with Crippen LogP contribution in [0.1, 0.15) is 0 Å². The van der Waals surface area contributed by atoms with Gasteiger partial charge >= 0.3 is 0 Å². The van der Waals surface area contributed by atoms with Crippen molar-refractivity contribution in [1.29, 1.82) is 0 Å². The Kier molecular flexibility index (Phi) is 4.67. The fourth-order valence-electron chi connectivity index (χ4n) is 1.98. The molecule has 1 N–H and O–H groups in total. The smallest absolute Gasteiger partial charge is 0.225 e. The van der Waals surface area contributed by atoms with E-state index in [9.17, 15) is 8.42 Å². The summed E-state index contributed by atoms with van der Waals surface area (Å²) in [6.45, 7) is 2.71. The maximum absolute atomic E-state index is 12.0. The van der Waals surface area contributed by atoms with E-state index in [2.05, 4.69) is 15.3 Å². The molecule has 2 rings (SSSR count). The number of nitrogens with one attached hydrogen (secondary N) is 1. The van der Waals surface area contributed by atoms with Crippen LogP contribution in [0.4, 0.5) is 5.95 Å². The summed E-state index contributed by atoms with van der Waals surface area (Å²) in [4.78, 5) is 10.4. The molecule has 0 aromatic carbocycles. The van der Waals surface area contributed by atoms with Gasteiger partial charge in [-0.15, -0.1) is 0 Å². The Balaban J connectivity index is 1.92. The van der Waals surface area contributed by atoms with Crippen LogP contribution >= 0.6 is 0 Å². The maximum atomic E-state index is 12.0. The molecule has 0 unspecified atom stereocenters. The van der Waals surface area contributed by atoms with Gasteiger partial charge in [0.2, 0.25) is 16.0 Å². The predicted molar refractivity (Wildman–Crippen MR) is 73.5 cm³/mol. The molecule has 1 aliphatic rings. The molecule has 1 fully saturated rings. The van der Waals surface area contributed by atoms with Gasteiger partial charge in [-0.1, -0.05) is 0 Å². The van der Waals surface area contributed by atoms with E-state index in [0.717, 1.165) is 0 Å². The third kappa shape index (κ3) is 3.62. The van der Waals surface area contributed by atoms with E-state index >= 15 is 0 Å². The van der Waals surface area contributed by atoms with Crippen molar-refractivity contribution in [2.24, 2.45) is 0 Å². The predicted octanol–water partition coefficient (Wildman–Crippen LogP) is -0.852. The number of hydrogen-bond donors (Lipinski definition) is 1. The molecule has 1 saturated heterocycles. The first kappa shape index (κ1) is 14.2. The molecule has 2 heterocycles. The highest BCUT2D eigenvalue weighted by Gasteiger charge is 2.27. The minimum absolute atomic E-state index is 0.144. The lowest BCUT2D eigenvalue weighted by molar-refractivity contribution is 0.382. The van der Waals surface area contributed by atoms with E-state index in [1.807, 2.05) is 4.90 Å². The molecule has 0 atom stereocenters. The molecule has 106 valence electrons. The number of piperazine rings is 1. The van der Waals surface area contributed by atoms with Crippen LogP contribution < -0.4 is 10.2 Å². The van der Waals surface area contributed by atoms with Crippen molar-refractivity contribution in [1.82, 2.24) is 19.6 Å². The first-order valence-electron chi connectivity index (χ1n) is 6.28. The molecule has 1 aliphatic heterocycles. The quantitative estimate of drug-likeness (QED) is 0.759. The summed E-state index contributed by atoms with van der Waals surface area (Å²) in [7, 11) is -1.40. The van der Waals surface area contributed by atoms with Gasteiger partial charge in [-0.3, -0.25) is 0 Å². The van der Waals surface area contributed by atoms with Crippen LogP contribution in [0.2, 0.25) is 0 Å². The van der Waals surface area contributed by atoms with E-state index < -0.39 is 10.0 Å². The molecular formula is C11H19N5O2S. The van der Waals surface area contributed by atoms with Crippen molar-refractivity contribution in [3.63, 3.8) is 0 Å². The summed E-state index contributed by atoms with van der Waals surface area (Å²) < 4.78 is 25.6. The van der Waals surface area contributed by atoms with Crippen molar-refractivity contribution in [2.45, 2.75) is 0 Å². The van der Waals surface area contributed by atoms with Crippen molar-refractivity contribution in [3.05, 3.63) is 18.5 Å². The van der Waals surface area contributed by atoms with Crippen LogP contribution in [0.5, 0.6) is 0 Å². The topological polar surface area (TPSA) is 78.4 Å². The van der Waals surface area contributed by atoms with Crippen LogP contribution in [0, 0.1) is 0 Å². The van der Waals surface area contributed by atoms with Gasteiger partial charge in [0.05, 0.1) is 5.75 Å². The zero-order valence-electron chi connectivity index (χ0n) is 11.0. The molecule has 1 aromatic heterocycles. The second-order valence-corrected chi connectivity index (χ2v) is 6.44. The Morgan fingerprint density at radius 3 is 2.42 bits per heavy atom. The van der Waals surface area contributed by atoms with Crippen LogP contribution in [0.15, 0.2) is 18.5 Å². The first-order valence-corrected chi connectivity index (χ1v) is 7.89. The largest absolute Gasteiger partial charge is 0.338 e. The minimum Gasteiger partial charge on any atom is -0.338 e. The maximum Gasteiger partial charge on any atom is 0.225 e. The molecule has 0 radical (unpaired) electrons. The van der Waals surface area contributed by atoms with E-state index in [0.29, 0.717) is 38.7 Å². The second-order valence-electron chi connectivity index (χ2n) is 4.35. The van der Waals surface area contributed by atoms with Gasteiger partial charge in [-0.05, 0) is 13.1 Å². The third-order valence-electron chi connectivity index (χ3n) is 3.08. The van der Waals surface area contributed by atoms with Gasteiger partial charge < -0.3 is 10.2 Å². The molecule has 19 heavy (non-hydrogen) atoms. The highest BCUT2D eigenvalue weighted by Crippen LogP contribution is 2.12. The zero-order chi connectivity index (χ0) is 13.7. The average Bonchev–Trinajstić information content (AvgIpc) is 2.46. The SMILES string of the molecule is CNCCS(=O)(=O)N1CCN(c2ncccn2)CC1. The number of sulfonamides is 1. The Hall–Kier alpha value is -1.25. The highest BCUT2D eigenvalue weighted by molar-refractivity contribution is 7.89. The Bertz CT molecular complexity index is 485. The lowest BCUT2D eigenvalue weighted by Crippen LogP contribution is -2.50. The van der Waals surface area contributed by atoms with Crippen LogP contribution in [0.25, 0.3) is 0 Å². The monoisotopic (exact) mass is 285 g/mol. The second kappa shape index (κ2) is 6.27. The summed E-state index contributed by atoms with van der Waals surface area (Å²) >= 11 is 0. The van der Waals surface area contributed by atoms with E-state index in [4.69, 9.17) is 0 Å². The number of rotatable bonds is 5. The van der Waals surface area contributed by atoms with Crippen LogP contribution in [-0.4, -0.2) is 68.2 Å². The van der Waals surface area contributed by atoms with E-state index in [1.54, 1.807) is 29.8 Å². The standard InChI is InChI=1S/C11H19N5O2S/c1-12-5-10-19(17,18)16-8-6-15(7-9-16)11-13-3-2-4-14-11/h2-4,12H,5-10H2,1H3. The van der Waals surface area contributed by atoms with Gasteiger partial charge in [0.15, 0.2) is 0 Å². The lowest BCUT2D eigenvalue weighted by Gasteiger charge is -2.33. The normalized spacial score (nSPS) is 17.6. The number of hydrogen-bond acceptors (Lipinski definition) is 6. The number of aromatic nitrogens is 2. The highest BCUT2D eigenvalue weighted by atomic mass is 32.2. The van der Waals surface area contributed by atoms with E-state index in [1.165, 1.54) is 0 Å². The third-order valence-corrected chi connectivity index (χ3v) is 4.95. The summed E-state index contributed by atoms with van der Waals surface area (Å²) in [5, 5.41) is 2.86. The van der Waals surface area contributed by atoms with Crippen molar-refractivity contribution >= 4 is 16.0 Å². The van der Waals surface area contributed by atoms with Gasteiger partial charge in [-0.2, -0.15) is 4.31 Å². The fraction of sp³-hybridized carbons (Fsp3) is 0.636. The van der Waals surface area contributed by atoms with Gasteiger partial charge in [0.25, 0.3) is 0 Å².